The quantitative estimate of drug-likeness (QED) is 0.692. The molecule has 2 rings (SSSR count). The van der Waals surface area contributed by atoms with E-state index in [1.54, 1.807) is 24.3 Å². The average Bonchev–Trinajstić information content (AvgIpc) is 2.61. The summed E-state index contributed by atoms with van der Waals surface area (Å²) in [6.07, 6.45) is 3.23. The Balaban J connectivity index is 2.23. The van der Waals surface area contributed by atoms with Crippen LogP contribution in [-0.2, 0) is 0 Å². The van der Waals surface area contributed by atoms with Crippen molar-refractivity contribution in [2.45, 2.75) is 26.7 Å². The molecule has 6 nitrogen and oxygen atoms in total. The van der Waals surface area contributed by atoms with Crippen LogP contribution < -0.4 is 20.3 Å². The Morgan fingerprint density at radius 2 is 1.80 bits per heavy atom. The molecule has 0 saturated carbocycles. The number of H-pyrrole nitrogens is 1. The monoisotopic (exact) mass is 408 g/mol. The van der Waals surface area contributed by atoms with Crippen molar-refractivity contribution in [3.8, 4) is 11.5 Å². The molecule has 1 aromatic heterocycles. The van der Waals surface area contributed by atoms with E-state index in [-0.39, 0.29) is 11.2 Å². The van der Waals surface area contributed by atoms with Crippen molar-refractivity contribution in [2.24, 2.45) is 0 Å². The molecule has 0 atom stereocenters. The second-order valence-electron chi connectivity index (χ2n) is 5.37. The molecule has 0 unspecified atom stereocenters. The van der Waals surface area contributed by atoms with E-state index in [0.29, 0.717) is 34.7 Å². The normalized spacial score (nSPS) is 10.4. The van der Waals surface area contributed by atoms with Crippen LogP contribution in [-0.4, -0.2) is 24.1 Å². The molecular weight excluding hydrogens is 388 g/mol. The molecule has 0 radical (unpaired) electrons. The van der Waals surface area contributed by atoms with Gasteiger partial charge >= 0.3 is 0 Å². The Hall–Kier alpha value is -2.28. The predicted molar refractivity (Wildman–Crippen MR) is 101 cm³/mol. The molecular formula is C18H21BrN2O4. The third kappa shape index (κ3) is 5.35. The summed E-state index contributed by atoms with van der Waals surface area (Å²) in [6.45, 7) is 5.12. The van der Waals surface area contributed by atoms with Gasteiger partial charge < -0.3 is 19.8 Å². The lowest BCUT2D eigenvalue weighted by molar-refractivity contribution is 0.102. The number of carbonyl (C=O) groups excluding carboxylic acids is 1. The number of amides is 1. The van der Waals surface area contributed by atoms with Crippen molar-refractivity contribution in [1.82, 2.24) is 4.98 Å². The van der Waals surface area contributed by atoms with Gasteiger partial charge in [0.1, 0.15) is 5.69 Å². The molecule has 0 fully saturated rings. The minimum atomic E-state index is -0.396. The highest BCUT2D eigenvalue weighted by molar-refractivity contribution is 9.10. The molecule has 7 heteroatoms. The fraction of sp³-hybridized carbons (Fsp3) is 0.333. The van der Waals surface area contributed by atoms with Crippen molar-refractivity contribution < 1.29 is 14.3 Å². The number of nitrogens with one attached hydrogen (secondary N) is 2. The molecule has 0 saturated heterocycles. The summed E-state index contributed by atoms with van der Waals surface area (Å²) in [7, 11) is 0. The first kappa shape index (κ1) is 19.1. The van der Waals surface area contributed by atoms with Crippen LogP contribution in [0.2, 0.25) is 0 Å². The zero-order chi connectivity index (χ0) is 18.2. The van der Waals surface area contributed by atoms with Gasteiger partial charge in [-0.2, -0.15) is 0 Å². The number of rotatable bonds is 8. The van der Waals surface area contributed by atoms with E-state index >= 15 is 0 Å². The molecule has 0 aliphatic carbocycles. The Labute approximate surface area is 154 Å². The highest BCUT2D eigenvalue weighted by Gasteiger charge is 2.13. The Morgan fingerprint density at radius 1 is 1.12 bits per heavy atom. The summed E-state index contributed by atoms with van der Waals surface area (Å²) in [5.74, 6) is 0.727. The van der Waals surface area contributed by atoms with E-state index in [1.165, 1.54) is 6.20 Å². The summed E-state index contributed by atoms with van der Waals surface area (Å²) in [5.41, 5.74) is 0.179. The maximum Gasteiger partial charge on any atom is 0.271 e. The number of anilines is 1. The Morgan fingerprint density at radius 3 is 2.48 bits per heavy atom. The minimum Gasteiger partial charge on any atom is -0.490 e. The highest BCUT2D eigenvalue weighted by atomic mass is 79.9. The largest absolute Gasteiger partial charge is 0.490 e. The van der Waals surface area contributed by atoms with Crippen LogP contribution in [0, 0.1) is 0 Å². The average molecular weight is 409 g/mol. The predicted octanol–water partition coefficient (Wildman–Crippen LogP) is 3.97. The second-order valence-corrected chi connectivity index (χ2v) is 6.29. The first-order valence-corrected chi connectivity index (χ1v) is 8.93. The third-order valence-corrected chi connectivity index (χ3v) is 3.70. The fourth-order valence-corrected chi connectivity index (χ4v) is 2.39. The summed E-state index contributed by atoms with van der Waals surface area (Å²) in [5, 5.41) is 2.60. The zero-order valence-corrected chi connectivity index (χ0v) is 15.8. The van der Waals surface area contributed by atoms with Gasteiger partial charge in [0.2, 0.25) is 0 Å². The number of hydrogen-bond acceptors (Lipinski definition) is 4. The lowest BCUT2D eigenvalue weighted by Gasteiger charge is -2.13. The molecule has 1 heterocycles. The number of hydrogen-bond donors (Lipinski definition) is 2. The number of halogens is 1. The molecule has 25 heavy (non-hydrogen) atoms. The number of carbonyl (C=O) groups is 1. The number of pyridine rings is 1. The van der Waals surface area contributed by atoms with E-state index in [1.807, 2.05) is 13.8 Å². The molecule has 0 bridgehead atoms. The maximum atomic E-state index is 12.5. The minimum absolute atomic E-state index is 0.168. The highest BCUT2D eigenvalue weighted by Crippen LogP contribution is 2.29. The van der Waals surface area contributed by atoms with Crippen molar-refractivity contribution in [3.05, 3.63) is 50.9 Å². The van der Waals surface area contributed by atoms with E-state index in [2.05, 4.69) is 26.2 Å². The molecule has 2 N–H and O–H groups in total. The van der Waals surface area contributed by atoms with Gasteiger partial charge in [-0.1, -0.05) is 13.8 Å². The zero-order valence-electron chi connectivity index (χ0n) is 14.2. The smallest absolute Gasteiger partial charge is 0.271 e. The summed E-state index contributed by atoms with van der Waals surface area (Å²) in [4.78, 5) is 26.8. The van der Waals surface area contributed by atoms with E-state index in [4.69, 9.17) is 9.47 Å². The van der Waals surface area contributed by atoms with E-state index < -0.39 is 5.91 Å². The van der Waals surface area contributed by atoms with Crippen LogP contribution in [0.5, 0.6) is 11.5 Å². The van der Waals surface area contributed by atoms with Crippen LogP contribution in [0.15, 0.2) is 39.7 Å². The number of aromatic nitrogens is 1. The van der Waals surface area contributed by atoms with E-state index in [0.717, 1.165) is 12.8 Å². The molecule has 0 aliphatic heterocycles. The lowest BCUT2D eigenvalue weighted by atomic mass is 10.2. The SMILES string of the molecule is CCCOc1ccc(C(=O)Nc2cc(Br)c[nH]c2=O)cc1OCCC. The van der Waals surface area contributed by atoms with Crippen LogP contribution in [0.25, 0.3) is 0 Å². The Kier molecular flexibility index (Phi) is 7.06. The summed E-state index contributed by atoms with van der Waals surface area (Å²) < 4.78 is 12.0. The lowest BCUT2D eigenvalue weighted by Crippen LogP contribution is -2.19. The topological polar surface area (TPSA) is 80.4 Å². The van der Waals surface area contributed by atoms with Gasteiger partial charge in [0.05, 0.1) is 13.2 Å². The van der Waals surface area contributed by atoms with Gasteiger partial charge in [-0.25, -0.2) is 0 Å². The fourth-order valence-electron chi connectivity index (χ4n) is 2.05. The first-order valence-electron chi connectivity index (χ1n) is 8.14. The molecule has 1 amide bonds. The number of ether oxygens (including phenoxy) is 2. The number of aromatic amines is 1. The van der Waals surface area contributed by atoms with Crippen LogP contribution in [0.3, 0.4) is 0 Å². The first-order chi connectivity index (χ1) is 12.0. The van der Waals surface area contributed by atoms with Crippen molar-refractivity contribution in [3.63, 3.8) is 0 Å². The van der Waals surface area contributed by atoms with E-state index in [9.17, 15) is 9.59 Å². The second kappa shape index (κ2) is 9.27. The molecule has 134 valence electrons. The van der Waals surface area contributed by atoms with Gasteiger partial charge in [-0.05, 0) is 53.0 Å². The van der Waals surface area contributed by atoms with Gasteiger partial charge in [0, 0.05) is 16.2 Å². The van der Waals surface area contributed by atoms with Gasteiger partial charge in [-0.3, -0.25) is 9.59 Å². The summed E-state index contributed by atoms with van der Waals surface area (Å²) >= 11 is 3.26. The molecule has 0 spiro atoms. The Bertz CT molecular complexity index is 789. The summed E-state index contributed by atoms with van der Waals surface area (Å²) in [6, 6.07) is 6.53. The van der Waals surface area contributed by atoms with Gasteiger partial charge in [0.15, 0.2) is 11.5 Å². The standard InChI is InChI=1S/C18H21BrN2O4/c1-3-7-24-15-6-5-12(9-16(15)25-8-4-2)17(22)21-14-10-13(19)11-20-18(14)23/h5-6,9-11H,3-4,7-8H2,1-2H3,(H,20,23)(H,21,22). The van der Waals surface area contributed by atoms with Crippen molar-refractivity contribution in [2.75, 3.05) is 18.5 Å². The molecule has 2 aromatic rings. The van der Waals surface area contributed by atoms with Crippen molar-refractivity contribution >= 4 is 27.5 Å². The van der Waals surface area contributed by atoms with Crippen molar-refractivity contribution in [1.29, 1.82) is 0 Å². The van der Waals surface area contributed by atoms with Crippen LogP contribution in [0.4, 0.5) is 5.69 Å². The van der Waals surface area contributed by atoms with Crippen LogP contribution >= 0.6 is 15.9 Å². The number of benzene rings is 1. The third-order valence-electron chi connectivity index (χ3n) is 3.25. The van der Waals surface area contributed by atoms with Crippen LogP contribution in [0.1, 0.15) is 37.0 Å². The molecule has 0 aliphatic rings. The molecule has 1 aromatic carbocycles. The van der Waals surface area contributed by atoms with Gasteiger partial charge in [0.25, 0.3) is 11.5 Å². The van der Waals surface area contributed by atoms with Gasteiger partial charge in [-0.15, -0.1) is 0 Å². The maximum absolute atomic E-state index is 12.5.